The molecule has 10 heteroatoms. The number of aromatic nitrogens is 7. The van der Waals surface area contributed by atoms with E-state index in [-0.39, 0.29) is 0 Å². The van der Waals surface area contributed by atoms with Gasteiger partial charge in [-0.1, -0.05) is 285 Å². The topological polar surface area (TPSA) is 79.5 Å². The Balaban J connectivity index is 0.0000000956. The van der Waals surface area contributed by atoms with Crippen LogP contribution in [0.5, 0.6) is 0 Å². The van der Waals surface area contributed by atoms with Crippen molar-refractivity contribution in [1.82, 2.24) is 33.6 Å². The average molecular weight is 1660 g/mol. The summed E-state index contributed by atoms with van der Waals surface area (Å²) in [5.41, 5.74) is 32.6. The van der Waals surface area contributed by atoms with Crippen LogP contribution < -0.4 is 0 Å². The second-order valence-electron chi connectivity index (χ2n) is 34.0. The third-order valence-electron chi connectivity index (χ3n) is 27.4. The standard InChI is InChI=1S/C44H25N3S.C37H20N2O.C37H20N2S/c1-2-10-27(11-3-1)41-43-42(34-15-6-7-19-37(34)48-43)46-44(45-41)28-20-23-29(24-21-28)47-35-18-9-17-33-31-14-5-4-13-30(31)32-16-8-12-26-22-25-36(47)40(38(26)32)39(33)35;1-4-13-30-22(7-1)19-29-28-20-23(16-18-33(28)40-37(29)38-30)39-31-14-6-12-27-25-10-3-2-9-24(25)26-11-5-8-21-15-17-32(39)36(34(21)26)35(27)31;1-2-11-23-22(10-1)24-14-7-9-21-19-20-30-35(32(21)24)34-25(23)15-8-17-29(34)39(30)37-36-33(26-12-3-5-16-28(26)38-37)27-13-4-6-18-31(27)40-36/h1-25H;2*1-20H. The molecule has 0 spiro atoms. The van der Waals surface area contributed by atoms with Crippen LogP contribution in [0.3, 0.4) is 0 Å². The summed E-state index contributed by atoms with van der Waals surface area (Å²) < 4.78 is 18.4. The van der Waals surface area contributed by atoms with E-state index in [0.717, 1.165) is 82.8 Å². The van der Waals surface area contributed by atoms with Gasteiger partial charge in [-0.15, -0.1) is 22.7 Å². The van der Waals surface area contributed by atoms with Gasteiger partial charge in [-0.3, -0.25) is 4.57 Å². The molecule has 0 bridgehead atoms. The second kappa shape index (κ2) is 26.5. The van der Waals surface area contributed by atoms with Crippen molar-refractivity contribution in [2.45, 2.75) is 0 Å². The summed E-state index contributed by atoms with van der Waals surface area (Å²) in [5, 5.41) is 23.9. The lowest BCUT2D eigenvalue weighted by Gasteiger charge is -2.14. The van der Waals surface area contributed by atoms with Crippen LogP contribution in [0.15, 0.2) is 399 Å². The van der Waals surface area contributed by atoms with Crippen molar-refractivity contribution >= 4 is 205 Å². The zero-order chi connectivity index (χ0) is 83.2. The van der Waals surface area contributed by atoms with Gasteiger partial charge in [-0.2, -0.15) is 0 Å². The van der Waals surface area contributed by atoms with Gasteiger partial charge in [-0.05, 0) is 208 Å². The molecule has 0 aliphatic heterocycles. The van der Waals surface area contributed by atoms with Gasteiger partial charge in [0.2, 0.25) is 5.71 Å². The van der Waals surface area contributed by atoms with Gasteiger partial charge in [0.25, 0.3) is 0 Å². The maximum Gasteiger partial charge on any atom is 0.227 e. The molecule has 590 valence electrons. The molecule has 0 radical (unpaired) electrons. The molecular formula is C118H65N7OS2. The van der Waals surface area contributed by atoms with Crippen molar-refractivity contribution < 1.29 is 4.42 Å². The largest absolute Gasteiger partial charge is 0.438 e. The summed E-state index contributed by atoms with van der Waals surface area (Å²) in [6.45, 7) is 0. The van der Waals surface area contributed by atoms with Crippen LogP contribution in [0.2, 0.25) is 0 Å². The highest BCUT2D eigenvalue weighted by Gasteiger charge is 2.31. The Labute approximate surface area is 738 Å². The molecule has 0 saturated carbocycles. The first-order valence-corrected chi connectivity index (χ1v) is 45.2. The van der Waals surface area contributed by atoms with Crippen molar-refractivity contribution in [1.29, 1.82) is 0 Å². The highest BCUT2D eigenvalue weighted by atomic mass is 32.1. The fourth-order valence-corrected chi connectivity index (χ4v) is 24.4. The number of fused-ring (bicyclic) bond motifs is 21. The van der Waals surface area contributed by atoms with E-state index in [1.54, 1.807) is 11.3 Å². The summed E-state index contributed by atoms with van der Waals surface area (Å²) in [6, 6.07) is 143. The first kappa shape index (κ1) is 70.0. The molecule has 3 aliphatic carbocycles. The Morgan fingerprint density at radius 3 is 1.22 bits per heavy atom. The number of benzene rings is 19. The van der Waals surface area contributed by atoms with E-state index in [4.69, 9.17) is 24.4 Å². The molecule has 0 unspecified atom stereocenters. The van der Waals surface area contributed by atoms with E-state index in [1.165, 1.54) is 200 Å². The maximum atomic E-state index is 6.23. The molecule has 0 N–H and O–H groups in total. The van der Waals surface area contributed by atoms with Gasteiger partial charge >= 0.3 is 0 Å². The van der Waals surface area contributed by atoms with Crippen LogP contribution in [-0.4, -0.2) is 33.6 Å². The van der Waals surface area contributed by atoms with Gasteiger partial charge in [-0.25, -0.2) is 19.9 Å². The van der Waals surface area contributed by atoms with Crippen molar-refractivity contribution in [2.24, 2.45) is 0 Å². The second-order valence-corrected chi connectivity index (χ2v) is 36.1. The fourth-order valence-electron chi connectivity index (χ4n) is 22.0. The van der Waals surface area contributed by atoms with Gasteiger partial charge in [0, 0.05) is 102 Å². The quantitative estimate of drug-likeness (QED) is 0.172. The van der Waals surface area contributed by atoms with E-state index >= 15 is 0 Å². The van der Waals surface area contributed by atoms with E-state index in [2.05, 4.69) is 396 Å². The smallest absolute Gasteiger partial charge is 0.227 e. The maximum absolute atomic E-state index is 6.23. The number of hydrogen-bond acceptors (Lipinski definition) is 7. The average Bonchev–Trinajstić information content (AvgIpc) is 1.54. The third kappa shape index (κ3) is 9.81. The molecule has 3 aliphatic rings. The lowest BCUT2D eigenvalue weighted by Crippen LogP contribution is -1.99. The Hall–Kier alpha value is -16.5. The molecule has 9 heterocycles. The number of hydrogen-bond donors (Lipinski definition) is 0. The Bertz CT molecular complexity index is 9810. The molecule has 0 fully saturated rings. The normalized spacial score (nSPS) is 12.4. The molecule has 19 aromatic carbocycles. The van der Waals surface area contributed by atoms with Crippen LogP contribution in [0.1, 0.15) is 0 Å². The minimum absolute atomic E-state index is 0.678. The number of nitrogens with zero attached hydrogens (tertiary/aromatic N) is 7. The molecule has 8 nitrogen and oxygen atoms in total. The van der Waals surface area contributed by atoms with Crippen molar-refractivity contribution in [3.05, 3.63) is 394 Å². The predicted octanol–water partition coefficient (Wildman–Crippen LogP) is 32.6. The summed E-state index contributed by atoms with van der Waals surface area (Å²) in [4.78, 5) is 20.6. The number of thiophene rings is 2. The first-order chi connectivity index (χ1) is 63.5. The monoisotopic (exact) mass is 1660 g/mol. The van der Waals surface area contributed by atoms with Gasteiger partial charge < -0.3 is 13.6 Å². The zero-order valence-corrected chi connectivity index (χ0v) is 70.0. The Kier molecular flexibility index (Phi) is 14.5. The number of furan rings is 1. The van der Waals surface area contributed by atoms with Gasteiger partial charge in [0.1, 0.15) is 5.58 Å². The van der Waals surface area contributed by atoms with E-state index < -0.39 is 0 Å². The van der Waals surface area contributed by atoms with Crippen molar-refractivity contribution in [3.8, 4) is 107 Å². The third-order valence-corrected chi connectivity index (χ3v) is 29.7. The molecule has 0 atom stereocenters. The first-order valence-electron chi connectivity index (χ1n) is 43.6. The van der Waals surface area contributed by atoms with Gasteiger partial charge in [0.15, 0.2) is 11.6 Å². The number of pyridine rings is 2. The SMILES string of the molecule is c1ccc(-c2nc(-c3ccc(-n4c5cccc6c5c5c7c(cccc7ccc54)-c4ccccc4-6)cc3)nc3c2sc2ccccc23)cc1.c1ccc2c(c1)-c1cccc3ccc4c(c13)c1c-2cccc1n4-c1ccc2oc3nc4ccccc4cc3c2c1.c1ccc2c(c1)-c1cccc3ccc4c(c13)c1c-2cccc1n4-c1nc2ccccc2c2c1sc1ccccc12. The summed E-state index contributed by atoms with van der Waals surface area (Å²) in [7, 11) is 0. The molecule has 0 amide bonds. The minimum Gasteiger partial charge on any atom is -0.438 e. The van der Waals surface area contributed by atoms with Gasteiger partial charge in [0.05, 0.1) is 64.7 Å². The van der Waals surface area contributed by atoms with Crippen LogP contribution in [0, 0.1) is 0 Å². The van der Waals surface area contributed by atoms with Crippen molar-refractivity contribution in [2.75, 3.05) is 0 Å². The summed E-state index contributed by atoms with van der Waals surface area (Å²) in [6.07, 6.45) is 0. The van der Waals surface area contributed by atoms with Crippen molar-refractivity contribution in [3.63, 3.8) is 0 Å². The van der Waals surface area contributed by atoms with Crippen LogP contribution in [0.25, 0.3) is 289 Å². The number of para-hydroxylation sites is 2. The molecular weight excluding hydrogens is 1600 g/mol. The zero-order valence-electron chi connectivity index (χ0n) is 68.4. The molecule has 128 heavy (non-hydrogen) atoms. The number of rotatable bonds is 5. The van der Waals surface area contributed by atoms with E-state index in [9.17, 15) is 0 Å². The van der Waals surface area contributed by atoms with Crippen LogP contribution in [0.4, 0.5) is 0 Å². The van der Waals surface area contributed by atoms with E-state index in [0.29, 0.717) is 5.71 Å². The van der Waals surface area contributed by atoms with E-state index in [1.807, 2.05) is 23.5 Å². The highest BCUT2D eigenvalue weighted by molar-refractivity contribution is 7.26. The van der Waals surface area contributed by atoms with Crippen LogP contribution >= 0.6 is 22.7 Å². The Morgan fingerprint density at radius 2 is 0.648 bits per heavy atom. The fraction of sp³-hybridized carbons (Fsp3) is 0. The summed E-state index contributed by atoms with van der Waals surface area (Å²) in [5.74, 6) is 1.75. The predicted molar refractivity (Wildman–Crippen MR) is 538 cm³/mol. The lowest BCUT2D eigenvalue weighted by atomic mass is 9.93. The Morgan fingerprint density at radius 1 is 0.227 bits per heavy atom. The molecule has 28 aromatic rings. The lowest BCUT2D eigenvalue weighted by molar-refractivity contribution is 0.656. The molecule has 31 rings (SSSR count). The molecule has 0 saturated heterocycles. The summed E-state index contributed by atoms with van der Waals surface area (Å²) >= 11 is 3.61. The molecule has 9 aromatic heterocycles. The van der Waals surface area contributed by atoms with Crippen LogP contribution in [-0.2, 0) is 0 Å². The highest BCUT2D eigenvalue weighted by Crippen LogP contribution is 2.56. The minimum atomic E-state index is 0.678.